The van der Waals surface area contributed by atoms with Crippen molar-refractivity contribution in [1.82, 2.24) is 4.90 Å². The Balaban J connectivity index is 1.58. The van der Waals surface area contributed by atoms with Crippen LogP contribution >= 0.6 is 0 Å². The Labute approximate surface area is 150 Å². The molecule has 0 spiro atoms. The molecule has 1 heterocycles. The molecular formula is C20H25NO3S. The summed E-state index contributed by atoms with van der Waals surface area (Å²) in [5.41, 5.74) is 1.33. The zero-order valence-corrected chi connectivity index (χ0v) is 15.2. The average Bonchev–Trinajstić information content (AvgIpc) is 2.63. The lowest BCUT2D eigenvalue weighted by Crippen LogP contribution is -2.42. The molecule has 1 N–H and O–H groups in total. The van der Waals surface area contributed by atoms with Gasteiger partial charge in [-0.1, -0.05) is 30.3 Å². The Morgan fingerprint density at radius 3 is 2.48 bits per heavy atom. The minimum Gasteiger partial charge on any atom is -0.508 e. The molecular weight excluding hydrogens is 334 g/mol. The highest BCUT2D eigenvalue weighted by molar-refractivity contribution is 7.92. The first-order chi connectivity index (χ1) is 12.1. The molecule has 25 heavy (non-hydrogen) atoms. The van der Waals surface area contributed by atoms with Crippen LogP contribution in [0.4, 0.5) is 0 Å². The van der Waals surface area contributed by atoms with Crippen molar-refractivity contribution in [2.24, 2.45) is 0 Å². The third-order valence-electron chi connectivity index (χ3n) is 4.85. The maximum atomic E-state index is 12.8. The summed E-state index contributed by atoms with van der Waals surface area (Å²) in [4.78, 5) is 2.58. The SMILES string of the molecule is O=S(=O)(c1ccc(O)cc1)C1CCCN(CCCc2ccccc2)C1. The van der Waals surface area contributed by atoms with Crippen molar-refractivity contribution >= 4 is 9.84 Å². The Kier molecular flexibility index (Phi) is 5.76. The van der Waals surface area contributed by atoms with Crippen LogP contribution in [0.5, 0.6) is 5.75 Å². The van der Waals surface area contributed by atoms with Crippen molar-refractivity contribution in [1.29, 1.82) is 0 Å². The normalized spacial score (nSPS) is 19.0. The summed E-state index contributed by atoms with van der Waals surface area (Å²) >= 11 is 0. The van der Waals surface area contributed by atoms with E-state index >= 15 is 0 Å². The summed E-state index contributed by atoms with van der Waals surface area (Å²) in [6, 6.07) is 16.3. The molecule has 5 heteroatoms. The highest BCUT2D eigenvalue weighted by atomic mass is 32.2. The van der Waals surface area contributed by atoms with Crippen molar-refractivity contribution < 1.29 is 13.5 Å². The van der Waals surface area contributed by atoms with Gasteiger partial charge in [0.15, 0.2) is 9.84 Å². The lowest BCUT2D eigenvalue weighted by molar-refractivity contribution is 0.228. The van der Waals surface area contributed by atoms with Crippen LogP contribution in [0.3, 0.4) is 0 Å². The number of phenols is 1. The third-order valence-corrected chi connectivity index (χ3v) is 7.04. The molecule has 2 aromatic rings. The van der Waals surface area contributed by atoms with Gasteiger partial charge in [-0.05, 0) is 68.6 Å². The monoisotopic (exact) mass is 359 g/mol. The predicted octanol–water partition coefficient (Wildman–Crippen LogP) is 3.26. The first kappa shape index (κ1) is 18.0. The molecule has 4 nitrogen and oxygen atoms in total. The molecule has 1 fully saturated rings. The number of aryl methyl sites for hydroxylation is 1. The van der Waals surface area contributed by atoms with Gasteiger partial charge in [0.2, 0.25) is 0 Å². The maximum absolute atomic E-state index is 12.8. The van der Waals surface area contributed by atoms with Gasteiger partial charge in [0.05, 0.1) is 10.1 Å². The fourth-order valence-corrected chi connectivity index (χ4v) is 5.23. The molecule has 0 amide bonds. The molecule has 1 aliphatic heterocycles. The lowest BCUT2D eigenvalue weighted by Gasteiger charge is -2.32. The number of piperidine rings is 1. The number of likely N-dealkylation sites (tertiary alicyclic amines) is 1. The van der Waals surface area contributed by atoms with Crippen LogP contribution < -0.4 is 0 Å². The summed E-state index contributed by atoms with van der Waals surface area (Å²) in [6.07, 6.45) is 3.68. The minimum atomic E-state index is -3.34. The zero-order valence-electron chi connectivity index (χ0n) is 14.3. The van der Waals surface area contributed by atoms with Crippen molar-refractivity contribution in [2.45, 2.75) is 35.8 Å². The van der Waals surface area contributed by atoms with Crippen LogP contribution in [0, 0.1) is 0 Å². The van der Waals surface area contributed by atoms with Crippen LogP contribution in [-0.2, 0) is 16.3 Å². The summed E-state index contributed by atoms with van der Waals surface area (Å²) in [7, 11) is -3.34. The maximum Gasteiger partial charge on any atom is 0.182 e. The third kappa shape index (κ3) is 4.61. The fourth-order valence-electron chi connectivity index (χ4n) is 3.45. The van der Waals surface area contributed by atoms with Gasteiger partial charge in [0.1, 0.15) is 5.75 Å². The topological polar surface area (TPSA) is 57.6 Å². The first-order valence-electron chi connectivity index (χ1n) is 8.85. The van der Waals surface area contributed by atoms with E-state index in [2.05, 4.69) is 29.2 Å². The standard InChI is InChI=1S/C20H25NO3S/c22-18-10-12-19(13-11-18)25(23,24)20-9-5-15-21(16-20)14-4-8-17-6-2-1-3-7-17/h1-3,6-7,10-13,20,22H,4-5,8-9,14-16H2. The van der Waals surface area contributed by atoms with Gasteiger partial charge in [0.25, 0.3) is 0 Å². The van der Waals surface area contributed by atoms with E-state index in [1.165, 1.54) is 29.8 Å². The molecule has 0 aromatic heterocycles. The number of sulfone groups is 1. The van der Waals surface area contributed by atoms with Crippen LogP contribution in [0.1, 0.15) is 24.8 Å². The number of phenolic OH excluding ortho intramolecular Hbond substituents is 1. The lowest BCUT2D eigenvalue weighted by atomic mass is 10.1. The molecule has 1 unspecified atom stereocenters. The van der Waals surface area contributed by atoms with Gasteiger partial charge < -0.3 is 10.0 Å². The van der Waals surface area contributed by atoms with E-state index < -0.39 is 9.84 Å². The number of hydrogen-bond donors (Lipinski definition) is 1. The Bertz CT molecular complexity index is 772. The Morgan fingerprint density at radius 1 is 1.04 bits per heavy atom. The van der Waals surface area contributed by atoms with Crippen molar-refractivity contribution in [2.75, 3.05) is 19.6 Å². The highest BCUT2D eigenvalue weighted by Crippen LogP contribution is 2.25. The highest BCUT2D eigenvalue weighted by Gasteiger charge is 2.31. The number of nitrogens with zero attached hydrogens (tertiary/aromatic N) is 1. The van der Waals surface area contributed by atoms with Gasteiger partial charge in [0, 0.05) is 6.54 Å². The number of aromatic hydroxyl groups is 1. The fraction of sp³-hybridized carbons (Fsp3) is 0.400. The van der Waals surface area contributed by atoms with Gasteiger partial charge in [-0.15, -0.1) is 0 Å². The molecule has 3 rings (SSSR count). The average molecular weight is 359 g/mol. The van der Waals surface area contributed by atoms with Crippen molar-refractivity contribution in [3.05, 3.63) is 60.2 Å². The molecule has 134 valence electrons. The van der Waals surface area contributed by atoms with Gasteiger partial charge in [-0.3, -0.25) is 0 Å². The second-order valence-electron chi connectivity index (χ2n) is 6.69. The van der Waals surface area contributed by atoms with Crippen LogP contribution in [0.25, 0.3) is 0 Å². The molecule has 0 bridgehead atoms. The second kappa shape index (κ2) is 8.02. The number of hydrogen-bond acceptors (Lipinski definition) is 4. The molecule has 1 atom stereocenters. The second-order valence-corrected chi connectivity index (χ2v) is 8.92. The largest absolute Gasteiger partial charge is 0.508 e. The molecule has 2 aromatic carbocycles. The quantitative estimate of drug-likeness (QED) is 0.860. The number of rotatable bonds is 6. The van der Waals surface area contributed by atoms with E-state index in [0.29, 0.717) is 17.9 Å². The first-order valence-corrected chi connectivity index (χ1v) is 10.4. The van der Waals surface area contributed by atoms with Crippen molar-refractivity contribution in [3.63, 3.8) is 0 Å². The summed E-state index contributed by atoms with van der Waals surface area (Å²) in [6.45, 7) is 2.49. The van der Waals surface area contributed by atoms with Gasteiger partial charge in [-0.2, -0.15) is 0 Å². The van der Waals surface area contributed by atoms with Crippen LogP contribution in [0.15, 0.2) is 59.5 Å². The minimum absolute atomic E-state index is 0.0881. The van der Waals surface area contributed by atoms with E-state index in [0.717, 1.165) is 32.4 Å². The van der Waals surface area contributed by atoms with E-state index in [9.17, 15) is 13.5 Å². The van der Waals surface area contributed by atoms with Crippen LogP contribution in [0.2, 0.25) is 0 Å². The summed E-state index contributed by atoms with van der Waals surface area (Å²) in [5, 5.41) is 9.00. The van der Waals surface area contributed by atoms with Gasteiger partial charge in [-0.25, -0.2) is 8.42 Å². The smallest absolute Gasteiger partial charge is 0.182 e. The zero-order chi connectivity index (χ0) is 17.7. The van der Waals surface area contributed by atoms with E-state index in [4.69, 9.17) is 0 Å². The van der Waals surface area contributed by atoms with E-state index in [1.807, 2.05) is 6.07 Å². The van der Waals surface area contributed by atoms with Crippen molar-refractivity contribution in [3.8, 4) is 5.75 Å². The molecule has 0 radical (unpaired) electrons. The Hall–Kier alpha value is -1.85. The molecule has 0 saturated carbocycles. The molecule has 0 aliphatic carbocycles. The number of benzene rings is 2. The van der Waals surface area contributed by atoms with E-state index in [-0.39, 0.29) is 11.0 Å². The summed E-state index contributed by atoms with van der Waals surface area (Å²) < 4.78 is 25.7. The Morgan fingerprint density at radius 2 is 1.76 bits per heavy atom. The molecule has 1 saturated heterocycles. The van der Waals surface area contributed by atoms with Crippen LogP contribution in [-0.4, -0.2) is 43.3 Å². The van der Waals surface area contributed by atoms with E-state index in [1.54, 1.807) is 0 Å². The van der Waals surface area contributed by atoms with Gasteiger partial charge >= 0.3 is 0 Å². The predicted molar refractivity (Wildman–Crippen MR) is 99.5 cm³/mol. The molecule has 1 aliphatic rings. The summed E-state index contributed by atoms with van der Waals surface area (Å²) in [5.74, 6) is 0.0881.